The molecule has 1 saturated heterocycles. The summed E-state index contributed by atoms with van der Waals surface area (Å²) in [7, 11) is 0. The summed E-state index contributed by atoms with van der Waals surface area (Å²) in [6, 6.07) is 0. The van der Waals surface area contributed by atoms with Crippen LogP contribution in [-0.4, -0.2) is 29.6 Å². The predicted molar refractivity (Wildman–Crippen MR) is 69.1 cm³/mol. The maximum absolute atomic E-state index is 12.2. The van der Waals surface area contributed by atoms with Crippen LogP contribution in [0.25, 0.3) is 0 Å². The van der Waals surface area contributed by atoms with Gasteiger partial charge in [0.2, 0.25) is 0 Å². The highest BCUT2D eigenvalue weighted by Gasteiger charge is 2.62. The van der Waals surface area contributed by atoms with Crippen molar-refractivity contribution in [2.45, 2.75) is 58.5 Å². The Balaban J connectivity index is 1.64. The largest absolute Gasteiger partial charge is 0.459 e. The zero-order valence-corrected chi connectivity index (χ0v) is 11.9. The Hall–Kier alpha value is -0.610. The summed E-state index contributed by atoms with van der Waals surface area (Å²) in [5.74, 6) is 1.24. The van der Waals surface area contributed by atoms with E-state index in [2.05, 4.69) is 13.8 Å². The van der Waals surface area contributed by atoms with Gasteiger partial charge < -0.3 is 14.6 Å². The lowest BCUT2D eigenvalue weighted by molar-refractivity contribution is -0.170. The fourth-order valence-corrected chi connectivity index (χ4v) is 4.06. The van der Waals surface area contributed by atoms with Gasteiger partial charge in [-0.2, -0.15) is 0 Å². The average Bonchev–Trinajstić information content (AvgIpc) is 3.01. The first kappa shape index (κ1) is 13.4. The molecule has 8 atom stereocenters. The van der Waals surface area contributed by atoms with E-state index in [1.165, 1.54) is 0 Å². The topological polar surface area (TPSA) is 55.8 Å². The lowest BCUT2D eigenvalue weighted by Gasteiger charge is -2.28. The van der Waals surface area contributed by atoms with Gasteiger partial charge in [-0.3, -0.25) is 4.79 Å². The van der Waals surface area contributed by atoms with Crippen LogP contribution in [0, 0.1) is 29.6 Å². The van der Waals surface area contributed by atoms with Crippen LogP contribution in [0.4, 0.5) is 0 Å². The first-order chi connectivity index (χ1) is 9.02. The molecule has 19 heavy (non-hydrogen) atoms. The van der Waals surface area contributed by atoms with Gasteiger partial charge >= 0.3 is 5.97 Å². The smallest absolute Gasteiger partial charge is 0.309 e. The molecule has 2 bridgehead atoms. The van der Waals surface area contributed by atoms with Crippen molar-refractivity contribution in [1.29, 1.82) is 0 Å². The fraction of sp³-hybridized carbons (Fsp3) is 0.933. The second-order valence-corrected chi connectivity index (χ2v) is 6.63. The molecule has 0 radical (unpaired) electrons. The molecular formula is C15H24O4. The Morgan fingerprint density at radius 3 is 2.74 bits per heavy atom. The van der Waals surface area contributed by atoms with Crippen molar-refractivity contribution in [2.75, 3.05) is 0 Å². The molecule has 2 aliphatic carbocycles. The fourth-order valence-electron chi connectivity index (χ4n) is 4.06. The van der Waals surface area contributed by atoms with E-state index >= 15 is 0 Å². The molecular weight excluding hydrogens is 244 g/mol. The van der Waals surface area contributed by atoms with Crippen LogP contribution in [0.15, 0.2) is 0 Å². The SMILES string of the molecule is CCC(C)C(C)C(=O)OC1C2CC3C(O)OC1C3C2. The van der Waals surface area contributed by atoms with E-state index in [9.17, 15) is 9.90 Å². The monoisotopic (exact) mass is 268 g/mol. The molecule has 4 heteroatoms. The number of rotatable bonds is 4. The molecule has 0 aromatic heterocycles. The first-order valence-corrected chi connectivity index (χ1v) is 7.57. The Morgan fingerprint density at radius 2 is 2.05 bits per heavy atom. The van der Waals surface area contributed by atoms with Crippen molar-refractivity contribution >= 4 is 5.97 Å². The summed E-state index contributed by atoms with van der Waals surface area (Å²) < 4.78 is 11.3. The third kappa shape index (κ3) is 2.00. The maximum Gasteiger partial charge on any atom is 0.309 e. The van der Waals surface area contributed by atoms with Crippen molar-refractivity contribution in [3.8, 4) is 0 Å². The quantitative estimate of drug-likeness (QED) is 0.792. The summed E-state index contributed by atoms with van der Waals surface area (Å²) >= 11 is 0. The number of fused-ring (bicyclic) bond motifs is 1. The minimum atomic E-state index is -0.643. The first-order valence-electron chi connectivity index (χ1n) is 7.57. The van der Waals surface area contributed by atoms with E-state index in [0.29, 0.717) is 17.8 Å². The van der Waals surface area contributed by atoms with Crippen molar-refractivity contribution in [3.63, 3.8) is 0 Å². The Morgan fingerprint density at radius 1 is 1.37 bits per heavy atom. The number of aliphatic hydroxyl groups is 1. The van der Waals surface area contributed by atoms with E-state index in [1.54, 1.807) is 0 Å². The van der Waals surface area contributed by atoms with Crippen LogP contribution in [-0.2, 0) is 14.3 Å². The summed E-state index contributed by atoms with van der Waals surface area (Å²) in [5.41, 5.74) is 0. The van der Waals surface area contributed by atoms with E-state index in [-0.39, 0.29) is 30.0 Å². The second kappa shape index (κ2) is 4.74. The van der Waals surface area contributed by atoms with Crippen LogP contribution < -0.4 is 0 Å². The maximum atomic E-state index is 12.2. The number of aliphatic hydroxyl groups excluding tert-OH is 1. The number of hydrogen-bond acceptors (Lipinski definition) is 4. The molecule has 0 aromatic rings. The van der Waals surface area contributed by atoms with Gasteiger partial charge in [0.25, 0.3) is 0 Å². The van der Waals surface area contributed by atoms with Gasteiger partial charge in [0.05, 0.1) is 5.92 Å². The van der Waals surface area contributed by atoms with Gasteiger partial charge in [-0.05, 0) is 30.6 Å². The van der Waals surface area contributed by atoms with Crippen LogP contribution in [0.2, 0.25) is 0 Å². The molecule has 3 fully saturated rings. The van der Waals surface area contributed by atoms with Crippen molar-refractivity contribution in [2.24, 2.45) is 29.6 Å². The summed E-state index contributed by atoms with van der Waals surface area (Å²) in [6.07, 6.45) is 2.13. The minimum Gasteiger partial charge on any atom is -0.459 e. The third-order valence-corrected chi connectivity index (χ3v) is 5.69. The molecule has 8 unspecified atom stereocenters. The molecule has 108 valence electrons. The highest BCUT2D eigenvalue weighted by Crippen LogP contribution is 2.56. The summed E-state index contributed by atoms with van der Waals surface area (Å²) in [4.78, 5) is 12.2. The van der Waals surface area contributed by atoms with Gasteiger partial charge in [0, 0.05) is 5.92 Å². The second-order valence-electron chi connectivity index (χ2n) is 6.63. The molecule has 3 rings (SSSR count). The van der Waals surface area contributed by atoms with E-state index in [1.807, 2.05) is 6.92 Å². The molecule has 1 aliphatic heterocycles. The van der Waals surface area contributed by atoms with E-state index in [4.69, 9.17) is 9.47 Å². The van der Waals surface area contributed by atoms with Crippen molar-refractivity contribution in [3.05, 3.63) is 0 Å². The van der Waals surface area contributed by atoms with Crippen molar-refractivity contribution in [1.82, 2.24) is 0 Å². The van der Waals surface area contributed by atoms with Gasteiger partial charge in [-0.1, -0.05) is 27.2 Å². The average molecular weight is 268 g/mol. The Kier molecular flexibility index (Phi) is 3.34. The molecule has 0 amide bonds. The lowest BCUT2D eigenvalue weighted by atomic mass is 9.87. The number of carbonyl (C=O) groups is 1. The number of carbonyl (C=O) groups excluding carboxylic acids is 1. The van der Waals surface area contributed by atoms with E-state index < -0.39 is 6.29 Å². The van der Waals surface area contributed by atoms with Crippen LogP contribution in [0.3, 0.4) is 0 Å². The van der Waals surface area contributed by atoms with Gasteiger partial charge in [-0.15, -0.1) is 0 Å². The molecule has 4 nitrogen and oxygen atoms in total. The predicted octanol–water partition coefficient (Wildman–Crippen LogP) is 1.95. The molecule has 0 aromatic carbocycles. The molecule has 1 heterocycles. The van der Waals surface area contributed by atoms with E-state index in [0.717, 1.165) is 19.3 Å². The molecule has 2 saturated carbocycles. The normalized spacial score (nSPS) is 46.3. The van der Waals surface area contributed by atoms with Crippen molar-refractivity contribution < 1.29 is 19.4 Å². The summed E-state index contributed by atoms with van der Waals surface area (Å²) in [5, 5.41) is 9.82. The Bertz CT molecular complexity index is 369. The van der Waals surface area contributed by atoms with Crippen LogP contribution in [0.1, 0.15) is 40.0 Å². The zero-order chi connectivity index (χ0) is 13.7. The molecule has 0 spiro atoms. The lowest BCUT2D eigenvalue weighted by Crippen LogP contribution is -2.38. The molecule has 3 aliphatic rings. The number of hydrogen-bond donors (Lipinski definition) is 1. The van der Waals surface area contributed by atoms with Crippen LogP contribution >= 0.6 is 0 Å². The third-order valence-electron chi connectivity index (χ3n) is 5.69. The minimum absolute atomic E-state index is 0.0631. The standard InChI is InChI=1S/C15H24O4/c1-4-7(2)8(3)14(16)18-12-9-5-10-11(6-9)15(17)19-13(10)12/h7-13,15,17H,4-6H2,1-3H3. The van der Waals surface area contributed by atoms with Gasteiger partial charge in [0.15, 0.2) is 6.29 Å². The highest BCUT2D eigenvalue weighted by molar-refractivity contribution is 5.72. The van der Waals surface area contributed by atoms with Gasteiger partial charge in [0.1, 0.15) is 12.2 Å². The van der Waals surface area contributed by atoms with Crippen LogP contribution in [0.5, 0.6) is 0 Å². The molecule has 1 N–H and O–H groups in total. The Labute approximate surface area is 114 Å². The zero-order valence-electron chi connectivity index (χ0n) is 11.9. The van der Waals surface area contributed by atoms with Gasteiger partial charge in [-0.25, -0.2) is 0 Å². The number of esters is 1. The number of ether oxygens (including phenoxy) is 2. The highest BCUT2D eigenvalue weighted by atomic mass is 16.6. The summed E-state index contributed by atoms with van der Waals surface area (Å²) in [6.45, 7) is 6.11.